The summed E-state index contributed by atoms with van der Waals surface area (Å²) < 4.78 is 10.5. The van der Waals surface area contributed by atoms with Gasteiger partial charge in [-0.1, -0.05) is 25.1 Å². The van der Waals surface area contributed by atoms with Gasteiger partial charge in [-0.3, -0.25) is 14.4 Å². The largest absolute Gasteiger partial charge is 0.497 e. The van der Waals surface area contributed by atoms with Crippen LogP contribution in [-0.4, -0.2) is 53.5 Å². The molecule has 2 aromatic carbocycles. The van der Waals surface area contributed by atoms with Gasteiger partial charge in [-0.2, -0.15) is 0 Å². The Balaban J connectivity index is 2.63. The van der Waals surface area contributed by atoms with E-state index in [0.717, 1.165) is 11.1 Å². The molecular formula is C30H42N4O6. The minimum Gasteiger partial charge on any atom is -0.497 e. The lowest BCUT2D eigenvalue weighted by Gasteiger charge is -2.39. The third-order valence-electron chi connectivity index (χ3n) is 6.41. The second kappa shape index (κ2) is 13.8. The first-order valence-corrected chi connectivity index (χ1v) is 13.3. The Morgan fingerprint density at radius 1 is 1.00 bits per heavy atom. The molecule has 2 aromatic rings. The van der Waals surface area contributed by atoms with E-state index in [1.165, 1.54) is 4.90 Å². The molecule has 0 spiro atoms. The van der Waals surface area contributed by atoms with E-state index in [1.54, 1.807) is 52.1 Å². The van der Waals surface area contributed by atoms with Crippen LogP contribution >= 0.6 is 0 Å². The van der Waals surface area contributed by atoms with Gasteiger partial charge in [0.05, 0.1) is 13.5 Å². The highest BCUT2D eigenvalue weighted by atomic mass is 16.6. The summed E-state index contributed by atoms with van der Waals surface area (Å²) in [5.41, 5.74) is 7.42. The number of anilines is 1. The maximum absolute atomic E-state index is 14.2. The zero-order valence-corrected chi connectivity index (χ0v) is 24.7. The van der Waals surface area contributed by atoms with Crippen molar-refractivity contribution in [2.24, 2.45) is 5.73 Å². The van der Waals surface area contributed by atoms with Crippen molar-refractivity contribution in [3.63, 3.8) is 0 Å². The molecule has 0 saturated heterocycles. The topological polar surface area (TPSA) is 140 Å². The molecule has 0 aromatic heterocycles. The average Bonchev–Trinajstić information content (AvgIpc) is 2.86. The van der Waals surface area contributed by atoms with Crippen LogP contribution in [0, 0.1) is 13.8 Å². The lowest BCUT2D eigenvalue weighted by molar-refractivity contribution is -0.144. The number of nitrogens with one attached hydrogen (secondary N) is 2. The molecular weight excluding hydrogens is 512 g/mol. The number of primary amides is 1. The Morgan fingerprint density at radius 3 is 2.05 bits per heavy atom. The van der Waals surface area contributed by atoms with E-state index in [2.05, 4.69) is 10.6 Å². The molecule has 40 heavy (non-hydrogen) atoms. The molecule has 2 rings (SSSR count). The molecule has 3 unspecified atom stereocenters. The smallest absolute Gasteiger partial charge is 0.408 e. The third-order valence-corrected chi connectivity index (χ3v) is 6.41. The van der Waals surface area contributed by atoms with E-state index in [0.29, 0.717) is 23.4 Å². The molecule has 10 heteroatoms. The number of benzene rings is 2. The number of alkyl carbamates (subject to hydrolysis) is 1. The summed E-state index contributed by atoms with van der Waals surface area (Å²) >= 11 is 0. The Morgan fingerprint density at radius 2 is 1.57 bits per heavy atom. The standard InChI is InChI=1S/C30H42N4O6/c1-9-20(4)34(28(37)23(17-24(31)35)33-29(38)40-30(5,6)7)26(25-18(2)11-10-12-19(25)3)27(36)32-21-13-15-22(39-8)16-14-21/h10-16,20,23,26H,9,17H2,1-8H3,(H2,31,35)(H,32,36)(H,33,38). The summed E-state index contributed by atoms with van der Waals surface area (Å²) in [6.45, 7) is 12.5. The first-order valence-electron chi connectivity index (χ1n) is 13.3. The summed E-state index contributed by atoms with van der Waals surface area (Å²) in [4.78, 5) is 54.3. The maximum Gasteiger partial charge on any atom is 0.408 e. The number of carbonyl (C=O) groups is 4. The number of methoxy groups -OCH3 is 1. The van der Waals surface area contributed by atoms with Gasteiger partial charge < -0.3 is 30.7 Å². The first-order chi connectivity index (χ1) is 18.7. The van der Waals surface area contributed by atoms with Gasteiger partial charge in [0.1, 0.15) is 23.4 Å². The number of nitrogens with two attached hydrogens (primary N) is 1. The van der Waals surface area contributed by atoms with Crippen LogP contribution in [0.3, 0.4) is 0 Å². The molecule has 218 valence electrons. The van der Waals surface area contributed by atoms with Crippen molar-refractivity contribution in [1.82, 2.24) is 10.2 Å². The van der Waals surface area contributed by atoms with E-state index in [-0.39, 0.29) is 0 Å². The van der Waals surface area contributed by atoms with Crippen LogP contribution in [0.5, 0.6) is 5.75 Å². The zero-order valence-electron chi connectivity index (χ0n) is 24.7. The average molecular weight is 555 g/mol. The number of amides is 4. The Kier molecular flexibility index (Phi) is 11.1. The number of ether oxygens (including phenoxy) is 2. The number of nitrogens with zero attached hydrogens (tertiary/aromatic N) is 1. The van der Waals surface area contributed by atoms with Crippen LogP contribution in [0.4, 0.5) is 10.5 Å². The molecule has 4 amide bonds. The van der Waals surface area contributed by atoms with Crippen LogP contribution in [-0.2, 0) is 19.1 Å². The van der Waals surface area contributed by atoms with Crippen LogP contribution in [0.1, 0.15) is 70.2 Å². The van der Waals surface area contributed by atoms with Crippen LogP contribution in [0.2, 0.25) is 0 Å². The van der Waals surface area contributed by atoms with Gasteiger partial charge in [0.2, 0.25) is 11.8 Å². The number of hydrogen-bond donors (Lipinski definition) is 3. The Labute approximate surface area is 236 Å². The van der Waals surface area contributed by atoms with Crippen molar-refractivity contribution in [2.45, 2.75) is 85.0 Å². The summed E-state index contributed by atoms with van der Waals surface area (Å²) in [5, 5.41) is 5.42. The SMILES string of the molecule is CCC(C)N(C(=O)C(CC(N)=O)NC(=O)OC(C)(C)C)C(C(=O)Nc1ccc(OC)cc1)c1c(C)cccc1C. The highest BCUT2D eigenvalue weighted by Gasteiger charge is 2.40. The van der Waals surface area contributed by atoms with E-state index in [9.17, 15) is 19.2 Å². The maximum atomic E-state index is 14.2. The number of aryl methyl sites for hydroxylation is 2. The van der Waals surface area contributed by atoms with Gasteiger partial charge in [-0.15, -0.1) is 0 Å². The van der Waals surface area contributed by atoms with Gasteiger partial charge >= 0.3 is 6.09 Å². The van der Waals surface area contributed by atoms with Crippen molar-refractivity contribution in [1.29, 1.82) is 0 Å². The zero-order chi connectivity index (χ0) is 30.2. The number of rotatable bonds is 11. The Bertz CT molecular complexity index is 1190. The fourth-order valence-electron chi connectivity index (χ4n) is 4.37. The van der Waals surface area contributed by atoms with E-state index < -0.39 is 54.0 Å². The molecule has 0 heterocycles. The van der Waals surface area contributed by atoms with Crippen LogP contribution in [0.15, 0.2) is 42.5 Å². The summed E-state index contributed by atoms with van der Waals surface area (Å²) in [6, 6.07) is 9.58. The molecule has 0 bridgehead atoms. The van der Waals surface area contributed by atoms with Crippen molar-refractivity contribution < 1.29 is 28.7 Å². The lowest BCUT2D eigenvalue weighted by atomic mass is 9.92. The first kappa shape index (κ1) is 32.1. The molecule has 0 aliphatic rings. The van der Waals surface area contributed by atoms with Gasteiger partial charge in [-0.25, -0.2) is 4.79 Å². The molecule has 4 N–H and O–H groups in total. The summed E-state index contributed by atoms with van der Waals surface area (Å²) in [6.07, 6.45) is -0.842. The van der Waals surface area contributed by atoms with E-state index in [1.807, 2.05) is 45.9 Å². The quantitative estimate of drug-likeness (QED) is 0.376. The van der Waals surface area contributed by atoms with Crippen LogP contribution in [0.25, 0.3) is 0 Å². The lowest BCUT2D eigenvalue weighted by Crippen LogP contribution is -2.56. The van der Waals surface area contributed by atoms with Crippen LogP contribution < -0.4 is 21.1 Å². The van der Waals surface area contributed by atoms with E-state index >= 15 is 0 Å². The minimum absolute atomic E-state index is 0.450. The summed E-state index contributed by atoms with van der Waals surface area (Å²) in [7, 11) is 1.55. The number of carbonyl (C=O) groups excluding carboxylic acids is 4. The molecule has 3 atom stereocenters. The van der Waals surface area contributed by atoms with Crippen molar-refractivity contribution in [3.8, 4) is 5.75 Å². The molecule has 0 radical (unpaired) electrons. The van der Waals surface area contributed by atoms with Gasteiger partial charge in [0.25, 0.3) is 5.91 Å². The predicted molar refractivity (Wildman–Crippen MR) is 154 cm³/mol. The minimum atomic E-state index is -1.35. The number of hydrogen-bond acceptors (Lipinski definition) is 6. The predicted octanol–water partition coefficient (Wildman–Crippen LogP) is 4.39. The monoisotopic (exact) mass is 554 g/mol. The molecule has 0 fully saturated rings. The normalized spacial score (nSPS) is 13.4. The fourth-order valence-corrected chi connectivity index (χ4v) is 4.37. The van der Waals surface area contributed by atoms with Crippen molar-refractivity contribution in [3.05, 3.63) is 59.2 Å². The molecule has 10 nitrogen and oxygen atoms in total. The molecule has 0 aliphatic carbocycles. The third kappa shape index (κ3) is 8.72. The highest BCUT2D eigenvalue weighted by molar-refractivity contribution is 6.00. The van der Waals surface area contributed by atoms with Gasteiger partial charge in [0, 0.05) is 11.7 Å². The summed E-state index contributed by atoms with van der Waals surface area (Å²) in [5.74, 6) is -1.24. The van der Waals surface area contributed by atoms with Gasteiger partial charge in [0.15, 0.2) is 0 Å². The second-order valence-electron chi connectivity index (χ2n) is 10.8. The van der Waals surface area contributed by atoms with Crippen molar-refractivity contribution in [2.75, 3.05) is 12.4 Å². The van der Waals surface area contributed by atoms with Crippen molar-refractivity contribution >= 4 is 29.5 Å². The molecule has 0 aliphatic heterocycles. The van der Waals surface area contributed by atoms with E-state index in [4.69, 9.17) is 15.2 Å². The Hall–Kier alpha value is -4.08. The van der Waals surface area contributed by atoms with Gasteiger partial charge in [-0.05, 0) is 88.9 Å². The molecule has 0 saturated carbocycles. The fraction of sp³-hybridized carbons (Fsp3) is 0.467. The second-order valence-corrected chi connectivity index (χ2v) is 10.8. The highest BCUT2D eigenvalue weighted by Crippen LogP contribution is 2.32.